The van der Waals surface area contributed by atoms with Crippen molar-refractivity contribution in [2.75, 3.05) is 5.32 Å². The van der Waals surface area contributed by atoms with Gasteiger partial charge >= 0.3 is 0 Å². The summed E-state index contributed by atoms with van der Waals surface area (Å²) in [5.41, 5.74) is 1.64. The Balaban J connectivity index is 1.97. The summed E-state index contributed by atoms with van der Waals surface area (Å²) in [4.78, 5) is 35.8. The number of aryl methyl sites for hydroxylation is 1. The fourth-order valence-corrected chi connectivity index (χ4v) is 2.90. The van der Waals surface area contributed by atoms with Crippen molar-refractivity contribution in [3.63, 3.8) is 0 Å². The van der Waals surface area contributed by atoms with Crippen LogP contribution in [0.15, 0.2) is 53.3 Å². The molecule has 3 rings (SSSR count). The van der Waals surface area contributed by atoms with Crippen molar-refractivity contribution in [2.45, 2.75) is 13.8 Å². The van der Waals surface area contributed by atoms with Crippen LogP contribution >= 0.6 is 0 Å². The third kappa shape index (κ3) is 3.24. The van der Waals surface area contributed by atoms with Crippen LogP contribution in [-0.2, 0) is 7.05 Å². The number of nitro groups is 1. The Morgan fingerprint density at radius 3 is 2.37 bits per heavy atom. The van der Waals surface area contributed by atoms with Crippen molar-refractivity contribution in [1.29, 1.82) is 0 Å². The van der Waals surface area contributed by atoms with E-state index >= 15 is 0 Å². The summed E-state index contributed by atoms with van der Waals surface area (Å²) in [6, 6.07) is 13.2. The average molecular weight is 366 g/mol. The third-order valence-electron chi connectivity index (χ3n) is 4.45. The number of para-hydroxylation sites is 1. The van der Waals surface area contributed by atoms with Crippen molar-refractivity contribution in [2.24, 2.45) is 7.05 Å². The molecular formula is C19H18N4O4. The maximum Gasteiger partial charge on any atom is 0.295 e. The molecule has 2 aromatic carbocycles. The van der Waals surface area contributed by atoms with Crippen LogP contribution < -0.4 is 10.9 Å². The van der Waals surface area contributed by atoms with Gasteiger partial charge in [-0.3, -0.25) is 24.4 Å². The second-order valence-electron chi connectivity index (χ2n) is 6.15. The van der Waals surface area contributed by atoms with Crippen molar-refractivity contribution in [1.82, 2.24) is 9.36 Å². The maximum atomic E-state index is 12.8. The van der Waals surface area contributed by atoms with Crippen molar-refractivity contribution >= 4 is 17.3 Å². The number of nitrogens with one attached hydrogen (secondary N) is 1. The highest BCUT2D eigenvalue weighted by Crippen LogP contribution is 2.20. The summed E-state index contributed by atoms with van der Waals surface area (Å²) in [5, 5.41) is 13.6. The van der Waals surface area contributed by atoms with Crippen LogP contribution in [0.3, 0.4) is 0 Å². The Morgan fingerprint density at radius 2 is 1.78 bits per heavy atom. The molecule has 1 heterocycles. The zero-order valence-electron chi connectivity index (χ0n) is 15.1. The van der Waals surface area contributed by atoms with Crippen molar-refractivity contribution in [3.05, 3.63) is 85.8 Å². The number of carbonyl (C=O) groups excluding carboxylic acids is 1. The Hall–Kier alpha value is -3.68. The molecule has 0 spiro atoms. The molecule has 3 aromatic rings. The van der Waals surface area contributed by atoms with Gasteiger partial charge in [0, 0.05) is 24.2 Å². The Kier molecular flexibility index (Phi) is 4.64. The molecule has 0 aliphatic heterocycles. The van der Waals surface area contributed by atoms with Gasteiger partial charge in [0.2, 0.25) is 0 Å². The molecule has 0 unspecified atom stereocenters. The first-order valence-electron chi connectivity index (χ1n) is 8.21. The van der Waals surface area contributed by atoms with E-state index in [1.54, 1.807) is 37.7 Å². The normalized spacial score (nSPS) is 10.6. The fraction of sp³-hybridized carbons (Fsp3) is 0.158. The summed E-state index contributed by atoms with van der Waals surface area (Å²) >= 11 is 0. The topological polar surface area (TPSA) is 99.2 Å². The summed E-state index contributed by atoms with van der Waals surface area (Å²) < 4.78 is 3.13. The molecule has 0 atom stereocenters. The monoisotopic (exact) mass is 366 g/mol. The van der Waals surface area contributed by atoms with Gasteiger partial charge in [-0.25, -0.2) is 4.68 Å². The van der Waals surface area contributed by atoms with Crippen molar-refractivity contribution in [3.8, 4) is 5.69 Å². The number of aromatic nitrogens is 2. The lowest BCUT2D eigenvalue weighted by Gasteiger charge is -2.07. The van der Waals surface area contributed by atoms with Crippen LogP contribution in [-0.4, -0.2) is 20.2 Å². The number of nitrogens with zero attached hydrogens (tertiary/aromatic N) is 3. The number of anilines is 1. The van der Waals surface area contributed by atoms with Gasteiger partial charge in [0.05, 0.1) is 16.3 Å². The Bertz CT molecular complexity index is 1100. The number of benzene rings is 2. The highest BCUT2D eigenvalue weighted by Gasteiger charge is 2.20. The van der Waals surface area contributed by atoms with Crippen LogP contribution in [0.5, 0.6) is 0 Å². The van der Waals surface area contributed by atoms with E-state index in [0.29, 0.717) is 16.9 Å². The van der Waals surface area contributed by atoms with Gasteiger partial charge in [-0.05, 0) is 38.1 Å². The van der Waals surface area contributed by atoms with E-state index in [-0.39, 0.29) is 22.5 Å². The number of carbonyl (C=O) groups is 1. The van der Waals surface area contributed by atoms with Gasteiger partial charge in [-0.2, -0.15) is 0 Å². The van der Waals surface area contributed by atoms with Crippen LogP contribution in [0.4, 0.5) is 11.4 Å². The van der Waals surface area contributed by atoms with Gasteiger partial charge in [0.1, 0.15) is 5.69 Å². The highest BCUT2D eigenvalue weighted by molar-refractivity contribution is 6.04. The standard InChI is InChI=1S/C19H18N4O4/c1-12-11-14(9-10-16(12)23(26)27)18(24)20-17-13(2)21(3)22(19(17)25)15-7-5-4-6-8-15/h4-11H,1-3H3,(H,20,24). The van der Waals surface area contributed by atoms with Crippen LogP contribution in [0.1, 0.15) is 21.6 Å². The molecule has 1 amide bonds. The van der Waals surface area contributed by atoms with Gasteiger partial charge in [0.25, 0.3) is 17.2 Å². The lowest BCUT2D eigenvalue weighted by Crippen LogP contribution is -2.23. The Labute approximate surface area is 154 Å². The maximum absolute atomic E-state index is 12.8. The number of rotatable bonds is 4. The summed E-state index contributed by atoms with van der Waals surface area (Å²) in [7, 11) is 1.73. The van der Waals surface area contributed by atoms with Crippen LogP contribution in [0.25, 0.3) is 5.69 Å². The predicted octanol–water partition coefficient (Wildman–Crippen LogP) is 2.95. The van der Waals surface area contributed by atoms with E-state index in [9.17, 15) is 19.7 Å². The lowest BCUT2D eigenvalue weighted by atomic mass is 10.1. The first kappa shape index (κ1) is 18.1. The molecule has 0 aliphatic rings. The van der Waals surface area contributed by atoms with Gasteiger partial charge < -0.3 is 5.32 Å². The number of hydrogen-bond acceptors (Lipinski definition) is 4. The average Bonchev–Trinajstić information content (AvgIpc) is 2.85. The van der Waals surface area contributed by atoms with E-state index in [1.807, 2.05) is 18.2 Å². The molecule has 8 nitrogen and oxygen atoms in total. The van der Waals surface area contributed by atoms with E-state index in [2.05, 4.69) is 5.32 Å². The minimum absolute atomic E-state index is 0.0612. The molecule has 0 aliphatic carbocycles. The quantitative estimate of drug-likeness (QED) is 0.567. The van der Waals surface area contributed by atoms with E-state index < -0.39 is 10.8 Å². The van der Waals surface area contributed by atoms with E-state index in [4.69, 9.17) is 0 Å². The molecule has 138 valence electrons. The van der Waals surface area contributed by atoms with Crippen LogP contribution in [0.2, 0.25) is 0 Å². The van der Waals surface area contributed by atoms with E-state index in [1.165, 1.54) is 22.9 Å². The van der Waals surface area contributed by atoms with Gasteiger partial charge in [-0.15, -0.1) is 0 Å². The fourth-order valence-electron chi connectivity index (χ4n) is 2.90. The highest BCUT2D eigenvalue weighted by atomic mass is 16.6. The molecule has 0 saturated heterocycles. The largest absolute Gasteiger partial charge is 0.316 e. The molecule has 0 fully saturated rings. The van der Waals surface area contributed by atoms with Gasteiger partial charge in [-0.1, -0.05) is 18.2 Å². The van der Waals surface area contributed by atoms with E-state index in [0.717, 1.165) is 0 Å². The lowest BCUT2D eigenvalue weighted by molar-refractivity contribution is -0.385. The minimum atomic E-state index is -0.503. The van der Waals surface area contributed by atoms with Crippen LogP contribution in [0, 0.1) is 24.0 Å². The predicted molar refractivity (Wildman–Crippen MR) is 102 cm³/mol. The molecule has 0 saturated carbocycles. The first-order chi connectivity index (χ1) is 12.8. The summed E-state index contributed by atoms with van der Waals surface area (Å²) in [6.45, 7) is 3.29. The summed E-state index contributed by atoms with van der Waals surface area (Å²) in [5.74, 6) is -0.501. The summed E-state index contributed by atoms with van der Waals surface area (Å²) in [6.07, 6.45) is 0. The Morgan fingerprint density at radius 1 is 1.11 bits per heavy atom. The minimum Gasteiger partial charge on any atom is -0.316 e. The SMILES string of the molecule is Cc1cc(C(=O)Nc2c(C)n(C)n(-c3ccccc3)c2=O)ccc1[N+](=O)[O-]. The number of amides is 1. The molecule has 1 N–H and O–H groups in total. The second kappa shape index (κ2) is 6.91. The molecule has 0 radical (unpaired) electrons. The third-order valence-corrected chi connectivity index (χ3v) is 4.45. The number of hydrogen-bond donors (Lipinski definition) is 1. The second-order valence-corrected chi connectivity index (χ2v) is 6.15. The first-order valence-corrected chi connectivity index (χ1v) is 8.21. The molecule has 27 heavy (non-hydrogen) atoms. The molecule has 1 aromatic heterocycles. The molecular weight excluding hydrogens is 348 g/mol. The zero-order valence-corrected chi connectivity index (χ0v) is 15.1. The number of nitro benzene ring substituents is 1. The zero-order chi connectivity index (χ0) is 19.7. The smallest absolute Gasteiger partial charge is 0.295 e. The molecule has 8 heteroatoms. The van der Waals surface area contributed by atoms with Gasteiger partial charge in [0.15, 0.2) is 0 Å². The molecule has 0 bridgehead atoms. The van der Waals surface area contributed by atoms with Crippen molar-refractivity contribution < 1.29 is 9.72 Å².